The van der Waals surface area contributed by atoms with Crippen molar-refractivity contribution in [2.45, 2.75) is 18.8 Å². The molecule has 27 heavy (non-hydrogen) atoms. The number of hydrogen-bond acceptors (Lipinski definition) is 1. The number of aromatic nitrogens is 2. The molecule has 0 atom stereocenters. The van der Waals surface area contributed by atoms with E-state index in [2.05, 4.69) is 87.8 Å². The SMILES string of the molecule is C(=Cc1cc2ccccc2[nH]1)CN1CCC(c2c[nH]c3ccccc23)CC1. The van der Waals surface area contributed by atoms with Crippen LogP contribution in [0.25, 0.3) is 27.9 Å². The molecule has 2 aromatic carbocycles. The first-order valence-corrected chi connectivity index (χ1v) is 9.89. The number of hydrogen-bond donors (Lipinski definition) is 2. The zero-order chi connectivity index (χ0) is 18.1. The summed E-state index contributed by atoms with van der Waals surface area (Å²) in [4.78, 5) is 9.46. The van der Waals surface area contributed by atoms with Gasteiger partial charge in [-0.1, -0.05) is 42.5 Å². The average molecular weight is 355 g/mol. The molecule has 1 saturated heterocycles. The third-order valence-corrected chi connectivity index (χ3v) is 5.86. The topological polar surface area (TPSA) is 34.8 Å². The number of aromatic amines is 2. The Morgan fingerprint density at radius 3 is 2.59 bits per heavy atom. The molecular formula is C24H25N3. The first-order chi connectivity index (χ1) is 13.4. The molecule has 3 heteroatoms. The van der Waals surface area contributed by atoms with E-state index < -0.39 is 0 Å². The van der Waals surface area contributed by atoms with Gasteiger partial charge < -0.3 is 9.97 Å². The molecule has 136 valence electrons. The van der Waals surface area contributed by atoms with Crippen LogP contribution in [0.1, 0.15) is 30.0 Å². The molecule has 2 aromatic heterocycles. The number of H-pyrrole nitrogens is 2. The molecule has 1 fully saturated rings. The van der Waals surface area contributed by atoms with E-state index >= 15 is 0 Å². The van der Waals surface area contributed by atoms with E-state index in [1.165, 1.54) is 59.0 Å². The first-order valence-electron chi connectivity index (χ1n) is 9.89. The van der Waals surface area contributed by atoms with Crippen LogP contribution in [0.2, 0.25) is 0 Å². The molecule has 0 radical (unpaired) electrons. The normalized spacial score (nSPS) is 16.7. The van der Waals surface area contributed by atoms with Crippen LogP contribution < -0.4 is 0 Å². The predicted molar refractivity (Wildman–Crippen MR) is 114 cm³/mol. The summed E-state index contributed by atoms with van der Waals surface area (Å²) in [5.74, 6) is 0.676. The van der Waals surface area contributed by atoms with E-state index in [0.717, 1.165) is 6.54 Å². The van der Waals surface area contributed by atoms with Crippen LogP contribution in [0.5, 0.6) is 0 Å². The molecule has 1 aliphatic rings. The van der Waals surface area contributed by atoms with Crippen molar-refractivity contribution < 1.29 is 0 Å². The van der Waals surface area contributed by atoms with Crippen molar-refractivity contribution >= 4 is 27.9 Å². The number of rotatable bonds is 4. The van der Waals surface area contributed by atoms with Gasteiger partial charge in [0, 0.05) is 34.9 Å². The number of nitrogens with one attached hydrogen (secondary N) is 2. The van der Waals surface area contributed by atoms with E-state index in [0.29, 0.717) is 5.92 Å². The Hall–Kier alpha value is -2.78. The number of nitrogens with zero attached hydrogens (tertiary/aromatic N) is 1. The molecule has 0 bridgehead atoms. The van der Waals surface area contributed by atoms with Gasteiger partial charge >= 0.3 is 0 Å². The van der Waals surface area contributed by atoms with E-state index in [-0.39, 0.29) is 0 Å². The van der Waals surface area contributed by atoms with Gasteiger partial charge in [0.15, 0.2) is 0 Å². The molecule has 0 spiro atoms. The second kappa shape index (κ2) is 7.09. The number of likely N-dealkylation sites (tertiary alicyclic amines) is 1. The molecule has 2 N–H and O–H groups in total. The molecule has 3 heterocycles. The largest absolute Gasteiger partial charge is 0.361 e. The van der Waals surface area contributed by atoms with Crippen LogP contribution in [0.4, 0.5) is 0 Å². The maximum absolute atomic E-state index is 3.47. The maximum Gasteiger partial charge on any atom is 0.0458 e. The summed E-state index contributed by atoms with van der Waals surface area (Å²) in [6.45, 7) is 3.36. The zero-order valence-electron chi connectivity index (χ0n) is 15.5. The average Bonchev–Trinajstić information content (AvgIpc) is 3.32. The Labute approximate surface area is 159 Å². The van der Waals surface area contributed by atoms with Gasteiger partial charge in [-0.3, -0.25) is 4.90 Å². The molecule has 0 amide bonds. The minimum Gasteiger partial charge on any atom is -0.361 e. The highest BCUT2D eigenvalue weighted by Gasteiger charge is 2.22. The quantitative estimate of drug-likeness (QED) is 0.495. The monoisotopic (exact) mass is 355 g/mol. The predicted octanol–water partition coefficient (Wildman–Crippen LogP) is 5.54. The minimum absolute atomic E-state index is 0.676. The molecule has 5 rings (SSSR count). The van der Waals surface area contributed by atoms with Gasteiger partial charge in [-0.25, -0.2) is 0 Å². The van der Waals surface area contributed by atoms with E-state index in [1.54, 1.807) is 0 Å². The van der Waals surface area contributed by atoms with Gasteiger partial charge in [-0.2, -0.15) is 0 Å². The Bertz CT molecular complexity index is 1040. The molecule has 0 saturated carbocycles. The summed E-state index contributed by atoms with van der Waals surface area (Å²) in [6, 6.07) is 19.3. The molecular weight excluding hydrogens is 330 g/mol. The fourth-order valence-electron chi connectivity index (χ4n) is 4.37. The third kappa shape index (κ3) is 3.31. The lowest BCUT2D eigenvalue weighted by atomic mass is 9.89. The second-order valence-electron chi connectivity index (χ2n) is 7.58. The van der Waals surface area contributed by atoms with Gasteiger partial charge in [-0.15, -0.1) is 0 Å². The van der Waals surface area contributed by atoms with Crippen molar-refractivity contribution in [1.82, 2.24) is 14.9 Å². The highest BCUT2D eigenvalue weighted by molar-refractivity contribution is 5.84. The first kappa shape index (κ1) is 16.4. The second-order valence-corrected chi connectivity index (χ2v) is 7.58. The van der Waals surface area contributed by atoms with Crippen molar-refractivity contribution in [3.8, 4) is 0 Å². The molecule has 3 nitrogen and oxygen atoms in total. The standard InChI is InChI=1S/C24H25N3/c1-3-9-23-19(6-1)16-20(26-23)7-5-13-27-14-11-18(12-15-27)22-17-25-24-10-4-2-8-21(22)24/h1-10,16-18,25-26H,11-15H2. The highest BCUT2D eigenvalue weighted by Crippen LogP contribution is 2.33. The lowest BCUT2D eigenvalue weighted by Gasteiger charge is -2.31. The Morgan fingerprint density at radius 2 is 1.74 bits per heavy atom. The van der Waals surface area contributed by atoms with Crippen LogP contribution in [-0.2, 0) is 0 Å². The molecule has 4 aromatic rings. The summed E-state index contributed by atoms with van der Waals surface area (Å²) >= 11 is 0. The van der Waals surface area contributed by atoms with Crippen LogP contribution in [-0.4, -0.2) is 34.5 Å². The smallest absolute Gasteiger partial charge is 0.0458 e. The summed E-state index contributed by atoms with van der Waals surface area (Å²) in [5.41, 5.74) is 5.15. The Balaban J connectivity index is 1.19. The maximum atomic E-state index is 3.47. The molecule has 1 aliphatic heterocycles. The van der Waals surface area contributed by atoms with Crippen LogP contribution in [0.3, 0.4) is 0 Å². The Morgan fingerprint density at radius 1 is 0.963 bits per heavy atom. The lowest BCUT2D eigenvalue weighted by molar-refractivity contribution is 0.233. The fraction of sp³-hybridized carbons (Fsp3) is 0.250. The zero-order valence-corrected chi connectivity index (χ0v) is 15.5. The summed E-state index contributed by atoms with van der Waals surface area (Å²) in [5, 5.41) is 2.67. The summed E-state index contributed by atoms with van der Waals surface area (Å²) in [6.07, 6.45) is 9.20. The van der Waals surface area contributed by atoms with E-state index in [1.807, 2.05) is 0 Å². The van der Waals surface area contributed by atoms with Gasteiger partial charge in [-0.05, 0) is 67.1 Å². The number of para-hydroxylation sites is 2. The van der Waals surface area contributed by atoms with Crippen molar-refractivity contribution in [2.75, 3.05) is 19.6 Å². The fourth-order valence-corrected chi connectivity index (χ4v) is 4.37. The van der Waals surface area contributed by atoms with E-state index in [9.17, 15) is 0 Å². The lowest BCUT2D eigenvalue weighted by Crippen LogP contribution is -2.32. The molecule has 0 unspecified atom stereocenters. The van der Waals surface area contributed by atoms with Crippen molar-refractivity contribution in [1.29, 1.82) is 0 Å². The number of fused-ring (bicyclic) bond motifs is 2. The van der Waals surface area contributed by atoms with Gasteiger partial charge in [0.05, 0.1) is 0 Å². The van der Waals surface area contributed by atoms with Crippen LogP contribution in [0.15, 0.2) is 66.9 Å². The van der Waals surface area contributed by atoms with Crippen molar-refractivity contribution in [3.05, 3.63) is 78.1 Å². The van der Waals surface area contributed by atoms with Gasteiger partial charge in [0.2, 0.25) is 0 Å². The molecule has 0 aliphatic carbocycles. The van der Waals surface area contributed by atoms with Crippen molar-refractivity contribution in [2.24, 2.45) is 0 Å². The van der Waals surface area contributed by atoms with Crippen LogP contribution in [0, 0.1) is 0 Å². The van der Waals surface area contributed by atoms with Gasteiger partial charge in [0.25, 0.3) is 0 Å². The third-order valence-electron chi connectivity index (χ3n) is 5.86. The van der Waals surface area contributed by atoms with Gasteiger partial charge in [0.1, 0.15) is 0 Å². The van der Waals surface area contributed by atoms with Crippen LogP contribution >= 0.6 is 0 Å². The minimum atomic E-state index is 0.676. The number of piperidine rings is 1. The summed E-state index contributed by atoms with van der Waals surface area (Å²) < 4.78 is 0. The Kier molecular flexibility index (Phi) is 4.30. The number of benzene rings is 2. The highest BCUT2D eigenvalue weighted by atomic mass is 15.1. The van der Waals surface area contributed by atoms with E-state index in [4.69, 9.17) is 0 Å². The van der Waals surface area contributed by atoms with Crippen molar-refractivity contribution in [3.63, 3.8) is 0 Å². The summed E-state index contributed by atoms with van der Waals surface area (Å²) in [7, 11) is 0.